The molecule has 2 atom stereocenters. The van der Waals surface area contributed by atoms with Crippen molar-refractivity contribution < 1.29 is 4.79 Å². The van der Waals surface area contributed by atoms with E-state index >= 15 is 0 Å². The summed E-state index contributed by atoms with van der Waals surface area (Å²) in [4.78, 5) is 16.5. The Hall–Kier alpha value is -1.62. The molecule has 19 heavy (non-hydrogen) atoms. The summed E-state index contributed by atoms with van der Waals surface area (Å²) in [6, 6.07) is 2.24. The summed E-state index contributed by atoms with van der Waals surface area (Å²) in [5, 5.41) is 7.21. The highest BCUT2D eigenvalue weighted by atomic mass is 32.1. The lowest BCUT2D eigenvalue weighted by Crippen LogP contribution is -2.42. The van der Waals surface area contributed by atoms with Crippen molar-refractivity contribution in [2.75, 3.05) is 0 Å². The smallest absolute Gasteiger partial charge is 0.227 e. The minimum Gasteiger partial charge on any atom is -0.351 e. The molecule has 2 aromatic heterocycles. The number of aryl methyl sites for hydroxylation is 1. The maximum absolute atomic E-state index is 12.2. The van der Waals surface area contributed by atoms with Crippen LogP contribution < -0.4 is 5.32 Å². The normalized spacial score (nSPS) is 19.7. The Morgan fingerprint density at radius 1 is 1.63 bits per heavy atom. The van der Waals surface area contributed by atoms with Gasteiger partial charge in [0, 0.05) is 31.4 Å². The lowest BCUT2D eigenvalue weighted by molar-refractivity contribution is -0.123. The first kappa shape index (κ1) is 12.4. The second kappa shape index (κ2) is 5.17. The summed E-state index contributed by atoms with van der Waals surface area (Å²) >= 11 is 1.63. The second-order valence-electron chi connectivity index (χ2n) is 5.02. The molecule has 4 nitrogen and oxygen atoms in total. The van der Waals surface area contributed by atoms with Crippen molar-refractivity contribution in [2.45, 2.75) is 38.3 Å². The summed E-state index contributed by atoms with van der Waals surface area (Å²) in [6.45, 7) is 2.79. The molecule has 0 aliphatic carbocycles. The Labute approximate surface area is 116 Å². The van der Waals surface area contributed by atoms with Crippen LogP contribution in [0.15, 0.2) is 29.2 Å². The van der Waals surface area contributed by atoms with Crippen LogP contribution in [0, 0.1) is 0 Å². The zero-order chi connectivity index (χ0) is 13.2. The van der Waals surface area contributed by atoms with Gasteiger partial charge in [0.05, 0.1) is 5.92 Å². The summed E-state index contributed by atoms with van der Waals surface area (Å²) < 4.78 is 2.13. The molecule has 0 unspecified atom stereocenters. The third-order valence-electron chi connectivity index (χ3n) is 3.72. The summed E-state index contributed by atoms with van der Waals surface area (Å²) in [6.07, 6.45) is 5.72. The third-order valence-corrected chi connectivity index (χ3v) is 4.42. The number of carbonyl (C=O) groups is 1. The van der Waals surface area contributed by atoms with Gasteiger partial charge in [0.15, 0.2) is 0 Å². The Kier molecular flexibility index (Phi) is 3.38. The van der Waals surface area contributed by atoms with E-state index in [2.05, 4.69) is 14.9 Å². The molecule has 0 bridgehead atoms. The van der Waals surface area contributed by atoms with Gasteiger partial charge in [-0.1, -0.05) is 0 Å². The number of hydrogen-bond acceptors (Lipinski definition) is 3. The van der Waals surface area contributed by atoms with Crippen LogP contribution >= 0.6 is 11.3 Å². The average molecular weight is 275 g/mol. The highest BCUT2D eigenvalue weighted by Gasteiger charge is 2.23. The molecule has 1 N–H and O–H groups in total. The summed E-state index contributed by atoms with van der Waals surface area (Å²) in [5.41, 5.74) is 1.10. The van der Waals surface area contributed by atoms with Crippen LogP contribution in [-0.2, 0) is 17.8 Å². The maximum atomic E-state index is 12.2. The average Bonchev–Trinajstić information content (AvgIpc) is 3.08. The predicted octanol–water partition coefficient (Wildman–Crippen LogP) is 2.18. The molecule has 3 rings (SSSR count). The van der Waals surface area contributed by atoms with Crippen molar-refractivity contribution in [2.24, 2.45) is 0 Å². The number of carbonyl (C=O) groups excluding carboxylic acids is 1. The van der Waals surface area contributed by atoms with Crippen LogP contribution in [0.25, 0.3) is 0 Å². The van der Waals surface area contributed by atoms with Gasteiger partial charge in [0.2, 0.25) is 5.91 Å². The van der Waals surface area contributed by atoms with Crippen LogP contribution in [0.5, 0.6) is 0 Å². The Morgan fingerprint density at radius 2 is 2.53 bits per heavy atom. The van der Waals surface area contributed by atoms with Crippen molar-refractivity contribution in [3.05, 3.63) is 40.6 Å². The standard InChI is InChI=1S/C14H17N3OS/c1-10(11-4-7-19-9-11)14(18)16-12-2-3-13-15-5-6-17(13)8-12/h4-7,9-10,12H,2-3,8H2,1H3,(H,16,18)/t10-,12-/m1/s1. The number of fused-ring (bicyclic) bond motifs is 1. The van der Waals surface area contributed by atoms with Gasteiger partial charge in [0.1, 0.15) is 5.82 Å². The van der Waals surface area contributed by atoms with Gasteiger partial charge in [-0.05, 0) is 35.7 Å². The molecule has 0 fully saturated rings. The molecule has 0 saturated heterocycles. The second-order valence-corrected chi connectivity index (χ2v) is 5.80. The van der Waals surface area contributed by atoms with Gasteiger partial charge >= 0.3 is 0 Å². The number of rotatable bonds is 3. The number of hydrogen-bond donors (Lipinski definition) is 1. The lowest BCUT2D eigenvalue weighted by atomic mass is 10.0. The molecule has 1 aliphatic rings. The van der Waals surface area contributed by atoms with Crippen molar-refractivity contribution in [3.8, 4) is 0 Å². The van der Waals surface area contributed by atoms with Crippen LogP contribution in [0.1, 0.15) is 30.7 Å². The monoisotopic (exact) mass is 275 g/mol. The Morgan fingerprint density at radius 3 is 3.32 bits per heavy atom. The number of nitrogens with zero attached hydrogens (tertiary/aromatic N) is 2. The lowest BCUT2D eigenvalue weighted by Gasteiger charge is -2.26. The van der Waals surface area contributed by atoms with E-state index in [4.69, 9.17) is 0 Å². The minimum atomic E-state index is -0.0737. The molecular formula is C14H17N3OS. The molecule has 0 radical (unpaired) electrons. The third kappa shape index (κ3) is 2.56. The van der Waals surface area contributed by atoms with Crippen molar-refractivity contribution in [3.63, 3.8) is 0 Å². The SMILES string of the molecule is C[C@@H](C(=O)N[C@@H]1CCc2nccn2C1)c1ccsc1. The first-order chi connectivity index (χ1) is 9.24. The quantitative estimate of drug-likeness (QED) is 0.933. The predicted molar refractivity (Wildman–Crippen MR) is 75.2 cm³/mol. The number of thiophene rings is 1. The van der Waals surface area contributed by atoms with E-state index < -0.39 is 0 Å². The van der Waals surface area contributed by atoms with Gasteiger partial charge < -0.3 is 9.88 Å². The first-order valence-electron chi connectivity index (χ1n) is 6.56. The minimum absolute atomic E-state index is 0.0737. The molecule has 0 saturated carbocycles. The molecule has 2 aromatic rings. The van der Waals surface area contributed by atoms with E-state index in [0.29, 0.717) is 0 Å². The fourth-order valence-electron chi connectivity index (χ4n) is 2.48. The molecule has 1 amide bonds. The van der Waals surface area contributed by atoms with Crippen LogP contribution in [-0.4, -0.2) is 21.5 Å². The van der Waals surface area contributed by atoms with E-state index in [1.807, 2.05) is 36.1 Å². The fraction of sp³-hybridized carbons (Fsp3) is 0.429. The van der Waals surface area contributed by atoms with E-state index in [9.17, 15) is 4.79 Å². The van der Waals surface area contributed by atoms with Gasteiger partial charge in [0.25, 0.3) is 0 Å². The molecule has 5 heteroatoms. The van der Waals surface area contributed by atoms with E-state index in [1.165, 1.54) is 0 Å². The highest BCUT2D eigenvalue weighted by molar-refractivity contribution is 7.08. The van der Waals surface area contributed by atoms with Crippen LogP contribution in [0.2, 0.25) is 0 Å². The van der Waals surface area contributed by atoms with E-state index in [-0.39, 0.29) is 17.9 Å². The number of aromatic nitrogens is 2. The van der Waals surface area contributed by atoms with E-state index in [1.54, 1.807) is 11.3 Å². The van der Waals surface area contributed by atoms with Crippen LogP contribution in [0.4, 0.5) is 0 Å². The molecule has 0 spiro atoms. The van der Waals surface area contributed by atoms with Gasteiger partial charge in [-0.25, -0.2) is 4.98 Å². The number of amides is 1. The molecule has 1 aliphatic heterocycles. The Balaban J connectivity index is 1.62. The van der Waals surface area contributed by atoms with Gasteiger partial charge in [-0.2, -0.15) is 11.3 Å². The van der Waals surface area contributed by atoms with Crippen LogP contribution in [0.3, 0.4) is 0 Å². The van der Waals surface area contributed by atoms with Crippen molar-refractivity contribution in [1.82, 2.24) is 14.9 Å². The summed E-state index contributed by atoms with van der Waals surface area (Å²) in [5.74, 6) is 1.17. The molecule has 100 valence electrons. The zero-order valence-corrected chi connectivity index (χ0v) is 11.7. The van der Waals surface area contributed by atoms with Gasteiger partial charge in [-0.15, -0.1) is 0 Å². The molecular weight excluding hydrogens is 258 g/mol. The fourth-order valence-corrected chi connectivity index (χ4v) is 3.24. The van der Waals surface area contributed by atoms with Crippen molar-refractivity contribution >= 4 is 17.2 Å². The van der Waals surface area contributed by atoms with E-state index in [0.717, 1.165) is 30.8 Å². The molecule has 0 aromatic carbocycles. The summed E-state index contributed by atoms with van der Waals surface area (Å²) in [7, 11) is 0. The topological polar surface area (TPSA) is 46.9 Å². The molecule has 3 heterocycles. The maximum Gasteiger partial charge on any atom is 0.227 e. The first-order valence-corrected chi connectivity index (χ1v) is 7.51. The van der Waals surface area contributed by atoms with Crippen molar-refractivity contribution in [1.29, 1.82) is 0 Å². The zero-order valence-electron chi connectivity index (χ0n) is 10.9. The van der Waals surface area contributed by atoms with Gasteiger partial charge in [-0.3, -0.25) is 4.79 Å². The Bertz CT molecular complexity index is 561. The highest BCUT2D eigenvalue weighted by Crippen LogP contribution is 2.19. The number of nitrogens with one attached hydrogen (secondary N) is 1. The largest absolute Gasteiger partial charge is 0.351 e. The number of imidazole rings is 1.